The van der Waals surface area contributed by atoms with E-state index >= 15 is 0 Å². The Kier molecular flexibility index (Phi) is 12.9. The smallest absolute Gasteiger partial charge is 0.222 e. The minimum atomic E-state index is 0. The highest BCUT2D eigenvalue weighted by molar-refractivity contribution is 14.0. The van der Waals surface area contributed by atoms with Crippen LogP contribution in [0.2, 0.25) is 0 Å². The number of aliphatic imine (C=N–C) groups is 1. The van der Waals surface area contributed by atoms with Crippen LogP contribution < -0.4 is 16.0 Å². The maximum absolute atomic E-state index is 11.8. The summed E-state index contributed by atoms with van der Waals surface area (Å²) in [5.41, 5.74) is 0. The number of aryl methyl sites for hydroxylation is 1. The first-order valence-corrected chi connectivity index (χ1v) is 9.65. The Bertz CT molecular complexity index is 533. The van der Waals surface area contributed by atoms with E-state index in [9.17, 15) is 4.79 Å². The van der Waals surface area contributed by atoms with E-state index in [0.29, 0.717) is 13.0 Å². The van der Waals surface area contributed by atoms with E-state index in [1.165, 1.54) is 9.75 Å². The van der Waals surface area contributed by atoms with Crippen LogP contribution in [0.3, 0.4) is 0 Å². The zero-order valence-electron chi connectivity index (χ0n) is 16.0. The summed E-state index contributed by atoms with van der Waals surface area (Å²) in [4.78, 5) is 19.0. The number of nitrogens with zero attached hydrogens (tertiary/aromatic N) is 1. The highest BCUT2D eigenvalue weighted by Crippen LogP contribution is 2.16. The number of hydrogen-bond acceptors (Lipinski definition) is 3. The van der Waals surface area contributed by atoms with E-state index < -0.39 is 0 Å². The van der Waals surface area contributed by atoms with Gasteiger partial charge in [-0.05, 0) is 46.2 Å². The Morgan fingerprint density at radius 3 is 2.48 bits per heavy atom. The van der Waals surface area contributed by atoms with Gasteiger partial charge in [0.05, 0.1) is 6.54 Å². The van der Waals surface area contributed by atoms with Crippen LogP contribution in [0.1, 0.15) is 50.3 Å². The molecule has 7 heteroatoms. The minimum absolute atomic E-state index is 0. The van der Waals surface area contributed by atoms with Gasteiger partial charge in [0.15, 0.2) is 5.96 Å². The molecule has 0 saturated heterocycles. The molecule has 3 N–H and O–H groups in total. The fourth-order valence-corrected chi connectivity index (χ4v) is 3.24. The molecule has 0 aliphatic carbocycles. The molecule has 1 amide bonds. The summed E-state index contributed by atoms with van der Waals surface area (Å²) < 4.78 is 0. The summed E-state index contributed by atoms with van der Waals surface area (Å²) in [6.45, 7) is 11.7. The summed E-state index contributed by atoms with van der Waals surface area (Å²) in [5, 5.41) is 9.62. The van der Waals surface area contributed by atoms with Crippen LogP contribution in [-0.4, -0.2) is 37.0 Å². The average Bonchev–Trinajstić information content (AvgIpc) is 2.92. The van der Waals surface area contributed by atoms with Gasteiger partial charge in [0, 0.05) is 41.2 Å². The van der Waals surface area contributed by atoms with Gasteiger partial charge in [0.1, 0.15) is 0 Å². The topological polar surface area (TPSA) is 65.5 Å². The van der Waals surface area contributed by atoms with Gasteiger partial charge in [-0.3, -0.25) is 9.79 Å². The summed E-state index contributed by atoms with van der Waals surface area (Å²) in [6.07, 6.45) is 2.33. The minimum Gasteiger partial charge on any atom is -0.357 e. The van der Waals surface area contributed by atoms with Crippen molar-refractivity contribution in [3.05, 3.63) is 21.9 Å². The zero-order chi connectivity index (χ0) is 17.9. The Balaban J connectivity index is 0.00000576. The number of guanidine groups is 1. The fraction of sp³-hybridized carbons (Fsp3) is 0.667. The normalized spacial score (nSPS) is 13.6. The van der Waals surface area contributed by atoms with Gasteiger partial charge in [0.25, 0.3) is 0 Å². The maximum Gasteiger partial charge on any atom is 0.222 e. The van der Waals surface area contributed by atoms with Gasteiger partial charge in [0.2, 0.25) is 5.91 Å². The summed E-state index contributed by atoms with van der Waals surface area (Å²) in [6, 6.07) is 4.85. The van der Waals surface area contributed by atoms with Crippen LogP contribution in [0, 0.1) is 6.92 Å². The van der Waals surface area contributed by atoms with Gasteiger partial charge < -0.3 is 16.0 Å². The van der Waals surface area contributed by atoms with Gasteiger partial charge >= 0.3 is 0 Å². The van der Waals surface area contributed by atoms with E-state index in [1.54, 1.807) is 0 Å². The Hall–Kier alpha value is -0.830. The summed E-state index contributed by atoms with van der Waals surface area (Å²) in [5.74, 6) is 0.834. The summed E-state index contributed by atoms with van der Waals surface area (Å²) in [7, 11) is 0. The molecule has 0 aliphatic heterocycles. The first-order chi connectivity index (χ1) is 11.4. The lowest BCUT2D eigenvalue weighted by molar-refractivity contribution is -0.121. The van der Waals surface area contributed by atoms with Crippen LogP contribution in [0.15, 0.2) is 17.1 Å². The molecule has 1 heterocycles. The molecule has 1 aromatic heterocycles. The molecule has 0 radical (unpaired) electrons. The molecule has 0 saturated carbocycles. The molecule has 0 fully saturated rings. The van der Waals surface area contributed by atoms with Crippen molar-refractivity contribution < 1.29 is 4.79 Å². The quantitative estimate of drug-likeness (QED) is 0.288. The van der Waals surface area contributed by atoms with Crippen molar-refractivity contribution in [2.45, 2.75) is 66.0 Å². The molecule has 0 aliphatic rings. The largest absolute Gasteiger partial charge is 0.357 e. The number of carbonyl (C=O) groups excluding carboxylic acids is 1. The molecule has 25 heavy (non-hydrogen) atoms. The molecular weight excluding hydrogens is 447 g/mol. The Labute approximate surface area is 173 Å². The predicted octanol–water partition coefficient (Wildman–Crippen LogP) is 3.47. The standard InChI is InChI=1S/C18H32N4OS.HI/c1-6-13(3)21-17(23)10-11-20-18(19-7-2)22-14(4)12-16-9-8-15(5)24-16;/h8-9,13-14H,6-7,10-12H2,1-5H3,(H,21,23)(H2,19,20,22);1H. The fourth-order valence-electron chi connectivity index (χ4n) is 2.22. The number of nitrogens with one attached hydrogen (secondary N) is 3. The lowest BCUT2D eigenvalue weighted by Crippen LogP contribution is -2.43. The van der Waals surface area contributed by atoms with E-state index in [1.807, 2.05) is 25.2 Å². The van der Waals surface area contributed by atoms with Crippen molar-refractivity contribution in [1.29, 1.82) is 0 Å². The van der Waals surface area contributed by atoms with Crippen molar-refractivity contribution in [1.82, 2.24) is 16.0 Å². The van der Waals surface area contributed by atoms with Crippen LogP contribution >= 0.6 is 35.3 Å². The van der Waals surface area contributed by atoms with Crippen LogP contribution in [-0.2, 0) is 11.2 Å². The number of rotatable bonds is 9. The Morgan fingerprint density at radius 2 is 1.92 bits per heavy atom. The van der Waals surface area contributed by atoms with Gasteiger partial charge in [-0.15, -0.1) is 35.3 Å². The highest BCUT2D eigenvalue weighted by Gasteiger charge is 2.09. The number of hydrogen-bond donors (Lipinski definition) is 3. The molecule has 1 aromatic rings. The first-order valence-electron chi connectivity index (χ1n) is 8.84. The molecular formula is C18H33IN4OS. The Morgan fingerprint density at radius 1 is 1.20 bits per heavy atom. The second kappa shape index (κ2) is 13.4. The third-order valence-electron chi connectivity index (χ3n) is 3.66. The molecule has 0 aromatic carbocycles. The van der Waals surface area contributed by atoms with Gasteiger partial charge in [-0.2, -0.15) is 0 Å². The van der Waals surface area contributed by atoms with Crippen molar-refractivity contribution in [3.8, 4) is 0 Å². The second-order valence-electron chi connectivity index (χ2n) is 6.15. The third kappa shape index (κ3) is 10.7. The number of halogens is 1. The molecule has 144 valence electrons. The number of carbonyl (C=O) groups is 1. The molecule has 1 rings (SSSR count). The van der Waals surface area contributed by atoms with E-state index in [0.717, 1.165) is 25.3 Å². The van der Waals surface area contributed by atoms with Crippen molar-refractivity contribution >= 4 is 47.2 Å². The maximum atomic E-state index is 11.8. The van der Waals surface area contributed by atoms with Crippen molar-refractivity contribution in [3.63, 3.8) is 0 Å². The average molecular weight is 480 g/mol. The lowest BCUT2D eigenvalue weighted by atomic mass is 10.2. The second-order valence-corrected chi connectivity index (χ2v) is 7.52. The molecule has 0 spiro atoms. The van der Waals surface area contributed by atoms with Crippen LogP contribution in [0.25, 0.3) is 0 Å². The highest BCUT2D eigenvalue weighted by atomic mass is 127. The lowest BCUT2D eigenvalue weighted by Gasteiger charge is -2.17. The molecule has 5 nitrogen and oxygen atoms in total. The van der Waals surface area contributed by atoms with E-state index in [4.69, 9.17) is 0 Å². The van der Waals surface area contributed by atoms with E-state index in [2.05, 4.69) is 53.8 Å². The number of thiophene rings is 1. The summed E-state index contributed by atoms with van der Waals surface area (Å²) >= 11 is 1.83. The van der Waals surface area contributed by atoms with Crippen LogP contribution in [0.5, 0.6) is 0 Å². The van der Waals surface area contributed by atoms with E-state index in [-0.39, 0.29) is 42.0 Å². The van der Waals surface area contributed by atoms with Gasteiger partial charge in [-0.25, -0.2) is 0 Å². The number of amides is 1. The first kappa shape index (κ1) is 24.2. The SMILES string of the molecule is CCNC(=NCCC(=O)NC(C)CC)NC(C)Cc1ccc(C)s1.I. The molecule has 2 unspecified atom stereocenters. The zero-order valence-corrected chi connectivity index (χ0v) is 19.2. The molecule has 0 bridgehead atoms. The predicted molar refractivity (Wildman–Crippen MR) is 119 cm³/mol. The van der Waals surface area contributed by atoms with Crippen LogP contribution in [0.4, 0.5) is 0 Å². The molecule has 2 atom stereocenters. The van der Waals surface area contributed by atoms with Crippen molar-refractivity contribution in [2.24, 2.45) is 4.99 Å². The monoisotopic (exact) mass is 480 g/mol. The third-order valence-corrected chi connectivity index (χ3v) is 4.68. The van der Waals surface area contributed by atoms with Crippen molar-refractivity contribution in [2.75, 3.05) is 13.1 Å². The van der Waals surface area contributed by atoms with Gasteiger partial charge in [-0.1, -0.05) is 6.92 Å².